The fourth-order valence-corrected chi connectivity index (χ4v) is 0.656. The summed E-state index contributed by atoms with van der Waals surface area (Å²) in [5.41, 5.74) is 6.61. The van der Waals surface area contributed by atoms with Crippen LogP contribution in [-0.4, -0.2) is 5.71 Å². The minimum Gasteiger partial charge on any atom is -0.399 e. The molecule has 0 spiro atoms. The molecule has 0 amide bonds. The largest absolute Gasteiger partial charge is 0.399 e. The molecule has 0 aliphatic rings. The van der Waals surface area contributed by atoms with Crippen molar-refractivity contribution >= 4 is 5.71 Å². The van der Waals surface area contributed by atoms with E-state index in [1.807, 2.05) is 13.0 Å². The molecule has 0 aliphatic carbocycles. The van der Waals surface area contributed by atoms with Crippen molar-refractivity contribution in [2.75, 3.05) is 0 Å². The fraction of sp³-hybridized carbons (Fsp3) is 0.222. The van der Waals surface area contributed by atoms with E-state index in [4.69, 9.17) is 11.1 Å². The summed E-state index contributed by atoms with van der Waals surface area (Å²) in [6, 6.07) is 0. The first-order valence-electron chi connectivity index (χ1n) is 3.49. The maximum atomic E-state index is 7.34. The number of hydrogen-bond acceptors (Lipinski definition) is 2. The Kier molecular flexibility index (Phi) is 4.82. The summed E-state index contributed by atoms with van der Waals surface area (Å²) < 4.78 is 0. The molecule has 11 heavy (non-hydrogen) atoms. The van der Waals surface area contributed by atoms with Crippen molar-refractivity contribution < 1.29 is 0 Å². The average molecular weight is 150 g/mol. The zero-order chi connectivity index (χ0) is 8.69. The summed E-state index contributed by atoms with van der Waals surface area (Å²) in [5.74, 6) is 0. The van der Waals surface area contributed by atoms with Gasteiger partial charge in [-0.3, -0.25) is 0 Å². The molecule has 0 heterocycles. The molecule has 0 radical (unpaired) electrons. The molecule has 0 rings (SSSR count). The zero-order valence-corrected chi connectivity index (χ0v) is 6.80. The highest BCUT2D eigenvalue weighted by Crippen LogP contribution is 1.92. The van der Waals surface area contributed by atoms with Gasteiger partial charge < -0.3 is 11.1 Å². The van der Waals surface area contributed by atoms with E-state index in [1.165, 1.54) is 0 Å². The minimum atomic E-state index is 0.482. The van der Waals surface area contributed by atoms with Gasteiger partial charge in [0, 0.05) is 17.8 Å². The summed E-state index contributed by atoms with van der Waals surface area (Å²) in [6.45, 7) is 5.41. The van der Waals surface area contributed by atoms with Gasteiger partial charge in [-0.15, -0.1) is 6.58 Å². The lowest BCUT2D eigenvalue weighted by molar-refractivity contribution is 1.35. The third kappa shape index (κ3) is 5.15. The van der Waals surface area contributed by atoms with Crippen molar-refractivity contribution in [3.05, 3.63) is 36.6 Å². The van der Waals surface area contributed by atoms with Crippen LogP contribution in [0.5, 0.6) is 0 Å². The average Bonchev–Trinajstić information content (AvgIpc) is 1.87. The summed E-state index contributed by atoms with van der Waals surface area (Å²) >= 11 is 0. The van der Waals surface area contributed by atoms with Gasteiger partial charge in [0.05, 0.1) is 0 Å². The summed E-state index contributed by atoms with van der Waals surface area (Å²) in [7, 11) is 0. The highest BCUT2D eigenvalue weighted by Gasteiger charge is 1.87. The molecule has 0 aromatic heterocycles. The third-order valence-corrected chi connectivity index (χ3v) is 1.06. The molecule has 0 saturated heterocycles. The van der Waals surface area contributed by atoms with E-state index in [2.05, 4.69) is 6.58 Å². The second kappa shape index (κ2) is 5.47. The van der Waals surface area contributed by atoms with Crippen LogP contribution in [0.2, 0.25) is 0 Å². The van der Waals surface area contributed by atoms with Crippen molar-refractivity contribution in [3.63, 3.8) is 0 Å². The number of rotatable bonds is 4. The van der Waals surface area contributed by atoms with E-state index >= 15 is 0 Å². The van der Waals surface area contributed by atoms with Gasteiger partial charge in [0.15, 0.2) is 0 Å². The maximum Gasteiger partial charge on any atom is 0.0371 e. The number of nitrogens with one attached hydrogen (secondary N) is 1. The van der Waals surface area contributed by atoms with Crippen LogP contribution >= 0.6 is 0 Å². The van der Waals surface area contributed by atoms with E-state index in [0.717, 1.165) is 0 Å². The second-order valence-electron chi connectivity index (χ2n) is 2.16. The maximum absolute atomic E-state index is 7.34. The predicted molar refractivity (Wildman–Crippen MR) is 49.6 cm³/mol. The number of allylic oxidation sites excluding steroid dienone is 4. The molecule has 3 N–H and O–H groups in total. The van der Waals surface area contributed by atoms with Crippen molar-refractivity contribution in [2.24, 2.45) is 5.73 Å². The number of nitrogens with two attached hydrogens (primary N) is 1. The molecule has 0 aromatic carbocycles. The van der Waals surface area contributed by atoms with Gasteiger partial charge in [0.25, 0.3) is 0 Å². The molecular formula is C9H14N2. The minimum absolute atomic E-state index is 0.482. The van der Waals surface area contributed by atoms with Gasteiger partial charge in [0.2, 0.25) is 0 Å². The topological polar surface area (TPSA) is 49.9 Å². The van der Waals surface area contributed by atoms with Crippen molar-refractivity contribution in [2.45, 2.75) is 13.3 Å². The van der Waals surface area contributed by atoms with Gasteiger partial charge in [-0.2, -0.15) is 0 Å². The highest BCUT2D eigenvalue weighted by atomic mass is 14.6. The lowest BCUT2D eigenvalue weighted by Crippen LogP contribution is -1.98. The molecule has 0 unspecified atom stereocenters. The molecule has 2 heteroatoms. The lowest BCUT2D eigenvalue weighted by Gasteiger charge is -1.93. The Morgan fingerprint density at radius 2 is 2.27 bits per heavy atom. The Labute approximate surface area is 67.6 Å². The Bertz CT molecular complexity index is 200. The monoisotopic (exact) mass is 150 g/mol. The Balaban J connectivity index is 4.06. The van der Waals surface area contributed by atoms with Crippen molar-refractivity contribution in [1.82, 2.24) is 0 Å². The van der Waals surface area contributed by atoms with E-state index in [1.54, 1.807) is 18.2 Å². The van der Waals surface area contributed by atoms with Crippen LogP contribution in [0.4, 0.5) is 0 Å². The van der Waals surface area contributed by atoms with E-state index < -0.39 is 0 Å². The Morgan fingerprint density at radius 1 is 1.64 bits per heavy atom. The van der Waals surface area contributed by atoms with Gasteiger partial charge >= 0.3 is 0 Å². The van der Waals surface area contributed by atoms with Crippen molar-refractivity contribution in [1.29, 1.82) is 5.41 Å². The summed E-state index contributed by atoms with van der Waals surface area (Å²) in [6.07, 6.45) is 7.48. The van der Waals surface area contributed by atoms with E-state index in [-0.39, 0.29) is 0 Å². The van der Waals surface area contributed by atoms with Gasteiger partial charge in [-0.1, -0.05) is 12.2 Å². The zero-order valence-electron chi connectivity index (χ0n) is 6.80. The normalized spacial score (nSPS) is 11.9. The van der Waals surface area contributed by atoms with Crippen LogP contribution in [0.25, 0.3) is 0 Å². The van der Waals surface area contributed by atoms with Crippen LogP contribution in [0.1, 0.15) is 13.3 Å². The van der Waals surface area contributed by atoms with Crippen LogP contribution in [0.3, 0.4) is 0 Å². The molecule has 60 valence electrons. The van der Waals surface area contributed by atoms with Crippen molar-refractivity contribution in [3.8, 4) is 0 Å². The second-order valence-corrected chi connectivity index (χ2v) is 2.16. The standard InChI is InChI=1S/C9H14N2/c1-3-5-8(10)7-9(11)6-4-2/h3-4,6-7,10H,1,5,11H2,2H3/b6-4-,9-7+,10-8?. The smallest absolute Gasteiger partial charge is 0.0371 e. The molecule has 0 saturated carbocycles. The molecule has 2 nitrogen and oxygen atoms in total. The van der Waals surface area contributed by atoms with Gasteiger partial charge in [-0.25, -0.2) is 0 Å². The van der Waals surface area contributed by atoms with E-state index in [9.17, 15) is 0 Å². The summed E-state index contributed by atoms with van der Waals surface area (Å²) in [5, 5.41) is 7.34. The molecule has 0 fully saturated rings. The first kappa shape index (κ1) is 9.69. The predicted octanol–water partition coefficient (Wildman–Crippen LogP) is 2.00. The quantitative estimate of drug-likeness (QED) is 0.359. The molecule has 0 aliphatic heterocycles. The van der Waals surface area contributed by atoms with Crippen LogP contribution < -0.4 is 5.73 Å². The molecular weight excluding hydrogens is 136 g/mol. The molecule has 0 aromatic rings. The number of hydrogen-bond donors (Lipinski definition) is 2. The Hall–Kier alpha value is -1.31. The SMILES string of the molecule is C=CCC(=N)/C=C(N)\C=C/C. The summed E-state index contributed by atoms with van der Waals surface area (Å²) in [4.78, 5) is 0. The van der Waals surface area contributed by atoms with Crippen LogP contribution in [0.15, 0.2) is 36.6 Å². The first-order valence-corrected chi connectivity index (χ1v) is 3.49. The third-order valence-electron chi connectivity index (χ3n) is 1.06. The van der Waals surface area contributed by atoms with Gasteiger partial charge in [-0.05, 0) is 19.1 Å². The lowest BCUT2D eigenvalue weighted by atomic mass is 10.2. The van der Waals surface area contributed by atoms with Gasteiger partial charge in [0.1, 0.15) is 0 Å². The fourth-order valence-electron chi connectivity index (χ4n) is 0.656. The molecule has 0 bridgehead atoms. The van der Waals surface area contributed by atoms with Crippen LogP contribution in [0, 0.1) is 5.41 Å². The van der Waals surface area contributed by atoms with Crippen LogP contribution in [-0.2, 0) is 0 Å². The Morgan fingerprint density at radius 3 is 2.73 bits per heavy atom. The first-order chi connectivity index (χ1) is 5.20. The highest BCUT2D eigenvalue weighted by molar-refractivity contribution is 5.94. The van der Waals surface area contributed by atoms with E-state index in [0.29, 0.717) is 17.8 Å². The molecule has 0 atom stereocenters.